The molecule has 2 rings (SSSR count). The van der Waals surface area contributed by atoms with Gasteiger partial charge in [-0.1, -0.05) is 67.7 Å². The Morgan fingerprint density at radius 3 is 1.86 bits per heavy atom. The molecule has 37 heavy (non-hydrogen) atoms. The predicted molar refractivity (Wildman–Crippen MR) is 164 cm³/mol. The van der Waals surface area contributed by atoms with Crippen molar-refractivity contribution in [2.75, 3.05) is 7.05 Å². The van der Waals surface area contributed by atoms with Crippen molar-refractivity contribution >= 4 is 6.09 Å². The van der Waals surface area contributed by atoms with Crippen molar-refractivity contribution in [2.45, 2.75) is 126 Å². The average molecular weight is 522 g/mol. The first-order valence-corrected chi connectivity index (χ1v) is 14.2. The van der Waals surface area contributed by atoms with E-state index in [-0.39, 0.29) is 23.2 Å². The summed E-state index contributed by atoms with van der Waals surface area (Å²) in [7, 11) is 1.54. The number of terminal acetylenes is 2. The lowest BCUT2D eigenvalue weighted by atomic mass is 9.49. The number of carbonyl (C=O) groups excluding carboxylic acids is 1. The summed E-state index contributed by atoms with van der Waals surface area (Å²) in [6.45, 7) is 27.0. The molecule has 2 aliphatic carbocycles. The molecule has 4 heteroatoms. The summed E-state index contributed by atoms with van der Waals surface area (Å²) in [5, 5.41) is 13.3. The van der Waals surface area contributed by atoms with Gasteiger partial charge in [0, 0.05) is 7.05 Å². The first kappa shape index (κ1) is 42.2. The molecule has 2 aliphatic rings. The summed E-state index contributed by atoms with van der Waals surface area (Å²) in [5.41, 5.74) is -0.193. The number of ether oxygens (including phenoxy) is 1. The largest absolute Gasteiger partial charge is 0.444 e. The van der Waals surface area contributed by atoms with Gasteiger partial charge < -0.3 is 15.2 Å². The van der Waals surface area contributed by atoms with Crippen LogP contribution >= 0.6 is 0 Å². The molecule has 0 saturated heterocycles. The third kappa shape index (κ3) is 14.0. The Bertz CT molecular complexity index is 583. The second kappa shape index (κ2) is 23.2. The molecule has 218 valence electrons. The summed E-state index contributed by atoms with van der Waals surface area (Å²) in [4.78, 5) is 10.5. The van der Waals surface area contributed by atoms with Gasteiger partial charge >= 0.3 is 6.09 Å². The molecule has 4 nitrogen and oxygen atoms in total. The minimum absolute atomic E-state index is 0.115. The van der Waals surface area contributed by atoms with E-state index in [4.69, 9.17) is 4.74 Å². The molecule has 0 radical (unpaired) electrons. The van der Waals surface area contributed by atoms with Crippen molar-refractivity contribution in [2.24, 2.45) is 35.0 Å². The highest BCUT2D eigenvalue weighted by Gasteiger charge is 2.52. The van der Waals surface area contributed by atoms with Gasteiger partial charge in [0.1, 0.15) is 5.60 Å². The van der Waals surface area contributed by atoms with Gasteiger partial charge in [-0.2, -0.15) is 0 Å². The van der Waals surface area contributed by atoms with Gasteiger partial charge in [0.15, 0.2) is 0 Å². The van der Waals surface area contributed by atoms with E-state index in [1.54, 1.807) is 0 Å². The number of carbonyl (C=O) groups is 1. The van der Waals surface area contributed by atoms with E-state index < -0.39 is 0 Å². The summed E-state index contributed by atoms with van der Waals surface area (Å²) in [6, 6.07) is 0. The Balaban J connectivity index is -0.000000270. The predicted octanol–water partition coefficient (Wildman–Crippen LogP) is 8.74. The zero-order valence-corrected chi connectivity index (χ0v) is 26.4. The van der Waals surface area contributed by atoms with Gasteiger partial charge in [-0.25, -0.2) is 4.79 Å². The Kier molecular flexibility index (Phi) is 26.5. The Morgan fingerprint density at radius 1 is 1.05 bits per heavy atom. The van der Waals surface area contributed by atoms with Crippen LogP contribution in [0.25, 0.3) is 0 Å². The third-order valence-electron chi connectivity index (χ3n) is 7.60. The van der Waals surface area contributed by atoms with Gasteiger partial charge in [-0.3, -0.25) is 0 Å². The third-order valence-corrected chi connectivity index (χ3v) is 7.60. The molecule has 0 aliphatic heterocycles. The van der Waals surface area contributed by atoms with Crippen molar-refractivity contribution in [3.05, 3.63) is 13.2 Å². The maximum Gasteiger partial charge on any atom is 0.407 e. The molecule has 6 atom stereocenters. The van der Waals surface area contributed by atoms with Gasteiger partial charge in [-0.15, -0.1) is 38.9 Å². The molecule has 0 aromatic heterocycles. The fourth-order valence-electron chi connectivity index (χ4n) is 6.29. The highest BCUT2D eigenvalue weighted by molar-refractivity contribution is 5.67. The van der Waals surface area contributed by atoms with E-state index >= 15 is 0 Å². The fourth-order valence-corrected chi connectivity index (χ4v) is 6.29. The summed E-state index contributed by atoms with van der Waals surface area (Å²) in [6.07, 6.45) is 24.8. The number of aliphatic hydroxyl groups is 1. The molecule has 1 unspecified atom stereocenters. The van der Waals surface area contributed by atoms with Crippen molar-refractivity contribution in [3.8, 4) is 25.7 Å². The lowest BCUT2D eigenvalue weighted by Crippen LogP contribution is -2.53. The molecule has 0 aromatic carbocycles. The van der Waals surface area contributed by atoms with E-state index in [1.165, 1.54) is 45.6 Å². The number of nitrogens with one attached hydrogen (secondary N) is 1. The zero-order chi connectivity index (χ0) is 30.4. The van der Waals surface area contributed by atoms with Crippen molar-refractivity contribution in [3.63, 3.8) is 0 Å². The van der Waals surface area contributed by atoms with E-state index in [9.17, 15) is 9.90 Å². The van der Waals surface area contributed by atoms with Crippen LogP contribution in [0.1, 0.15) is 114 Å². The minimum atomic E-state index is -0.389. The van der Waals surface area contributed by atoms with Crippen molar-refractivity contribution < 1.29 is 14.6 Å². The normalized spacial score (nSPS) is 26.4. The van der Waals surface area contributed by atoms with Crippen molar-refractivity contribution in [1.82, 2.24) is 5.32 Å². The zero-order valence-electron chi connectivity index (χ0n) is 26.4. The lowest BCUT2D eigenvalue weighted by Gasteiger charge is -2.57. The average Bonchev–Trinajstić information content (AvgIpc) is 2.91. The van der Waals surface area contributed by atoms with Crippen LogP contribution in [0.2, 0.25) is 0 Å². The number of rotatable bonds is 4. The summed E-state index contributed by atoms with van der Waals surface area (Å²) >= 11 is 0. The molecule has 2 saturated carbocycles. The molecular weight excluding hydrogens is 458 g/mol. The molecule has 0 heterocycles. The Hall–Kier alpha value is -1.91. The van der Waals surface area contributed by atoms with Gasteiger partial charge in [0.05, 0.1) is 6.10 Å². The molecule has 2 N–H and O–H groups in total. The molecular formula is C33H63NO3. The molecule has 1 amide bonds. The minimum Gasteiger partial charge on any atom is -0.444 e. The number of hydrogen-bond donors (Lipinski definition) is 2. The van der Waals surface area contributed by atoms with E-state index in [1.807, 2.05) is 34.6 Å². The number of hydrogen-bond acceptors (Lipinski definition) is 3. The number of fused-ring (bicyclic) bond motifs is 1. The quantitative estimate of drug-likeness (QED) is 0.287. The molecule has 0 spiro atoms. The second-order valence-electron chi connectivity index (χ2n) is 10.8. The fraction of sp³-hybridized carbons (Fsp3) is 0.788. The van der Waals surface area contributed by atoms with Gasteiger partial charge in [0.25, 0.3) is 0 Å². The van der Waals surface area contributed by atoms with Crippen LogP contribution < -0.4 is 5.32 Å². The molecule has 0 bridgehead atoms. The standard InChI is InChI=1S/C19H36O.C6H13NO2.C2H6.C2H4.2C2H2/c1-6-17-16-10-8-9-14(5)15(16)11-12-19(17,7-2)18(20)13(3)4;1-6(2,3)9-5(8)7-4;4*1-2/h13-18,20H,6-12H2,1-5H3;1-4H3,(H,7,8);1-2H3;1-2H2;2*1-2H/t14-,15+,16?,17-,18+,19-;;;;;/m0...../s1. The summed E-state index contributed by atoms with van der Waals surface area (Å²) in [5.74, 6) is 3.86. The summed E-state index contributed by atoms with van der Waals surface area (Å²) < 4.78 is 4.84. The van der Waals surface area contributed by atoms with Crippen molar-refractivity contribution in [1.29, 1.82) is 0 Å². The highest BCUT2D eigenvalue weighted by atomic mass is 16.6. The molecule has 0 aromatic rings. The Morgan fingerprint density at radius 2 is 1.54 bits per heavy atom. The van der Waals surface area contributed by atoms with Crippen LogP contribution in [0.5, 0.6) is 0 Å². The van der Waals surface area contributed by atoms with Gasteiger partial charge in [0.2, 0.25) is 0 Å². The van der Waals surface area contributed by atoms with E-state index in [0.29, 0.717) is 5.92 Å². The van der Waals surface area contributed by atoms with Crippen LogP contribution in [-0.2, 0) is 4.74 Å². The van der Waals surface area contributed by atoms with Gasteiger partial charge in [-0.05, 0) is 81.5 Å². The SMILES string of the molecule is C#C.C#C.C=C.CC.CC[C@H]1C2CCC[C@H](C)[C@H]2CC[C@]1(CC)[C@H](O)C(C)C.CNC(=O)OC(C)(C)C. The maximum absolute atomic E-state index is 11.0. The second-order valence-corrected chi connectivity index (χ2v) is 10.8. The Labute approximate surface area is 232 Å². The first-order valence-electron chi connectivity index (χ1n) is 14.2. The monoisotopic (exact) mass is 521 g/mol. The van der Waals surface area contributed by atoms with Crippen LogP contribution in [0.15, 0.2) is 13.2 Å². The van der Waals surface area contributed by atoms with Crippen LogP contribution in [0.3, 0.4) is 0 Å². The number of amides is 1. The van der Waals surface area contributed by atoms with Crippen LogP contribution in [0.4, 0.5) is 4.79 Å². The first-order chi connectivity index (χ1) is 17.4. The topological polar surface area (TPSA) is 58.6 Å². The van der Waals surface area contributed by atoms with E-state index in [2.05, 4.69) is 78.8 Å². The maximum atomic E-state index is 11.0. The highest BCUT2D eigenvalue weighted by Crippen LogP contribution is 2.58. The molecule has 2 fully saturated rings. The number of aliphatic hydroxyl groups excluding tert-OH is 1. The van der Waals surface area contributed by atoms with Crippen LogP contribution in [0, 0.1) is 60.7 Å². The van der Waals surface area contributed by atoms with Crippen LogP contribution in [-0.4, -0.2) is 30.0 Å². The number of alkyl carbamates (subject to hydrolysis) is 1. The lowest BCUT2D eigenvalue weighted by molar-refractivity contribution is -0.125. The van der Waals surface area contributed by atoms with E-state index in [0.717, 1.165) is 30.1 Å². The smallest absolute Gasteiger partial charge is 0.407 e.